The Hall–Kier alpha value is -6.95. The summed E-state index contributed by atoms with van der Waals surface area (Å²) in [5, 5.41) is 116. The summed E-state index contributed by atoms with van der Waals surface area (Å²) in [7, 11) is 0. The predicted molar refractivity (Wildman–Crippen MR) is 138 cm³/mol. The SMILES string of the molecule is O=C(O)/C(O)=C(/O)C(=O)O.O=C/C(O)=C/O.O=C1OC(C(O)CO)C(O)=C1O.O=c1c(O)c(O)c(=O)c1=O.O=c1c(O)c(O)c1=O. The number of hydrogen-bond acceptors (Lipinski definition) is 22. The van der Waals surface area contributed by atoms with Crippen LogP contribution in [0, 0.1) is 0 Å². The summed E-state index contributed by atoms with van der Waals surface area (Å²) in [4.78, 5) is 90.0. The molecule has 2 atom stereocenters. The summed E-state index contributed by atoms with van der Waals surface area (Å²) in [6, 6.07) is 0. The van der Waals surface area contributed by atoms with Gasteiger partial charge in [0.05, 0.1) is 6.61 Å². The highest BCUT2D eigenvalue weighted by Crippen LogP contribution is 2.21. The maximum absolute atomic E-state index is 10.5. The van der Waals surface area contributed by atoms with Crippen molar-refractivity contribution in [3.63, 3.8) is 0 Å². The lowest BCUT2D eigenvalue weighted by Gasteiger charge is -2.13. The van der Waals surface area contributed by atoms with Gasteiger partial charge in [0.25, 0.3) is 38.7 Å². The number of allylic oxidation sites excluding steroid dienone is 1. The van der Waals surface area contributed by atoms with Gasteiger partial charge in [-0.3, -0.25) is 28.8 Å². The second-order valence-electron chi connectivity index (χ2n) is 7.33. The number of aliphatic carboxylic acids is 2. The van der Waals surface area contributed by atoms with Crippen LogP contribution < -0.4 is 27.1 Å². The van der Waals surface area contributed by atoms with Gasteiger partial charge in [-0.25, -0.2) is 14.4 Å². The molecule has 0 saturated carbocycles. The third-order valence-electron chi connectivity index (χ3n) is 4.29. The molecule has 2 unspecified atom stereocenters. The molecule has 2 aromatic carbocycles. The minimum atomic E-state index is -1.89. The van der Waals surface area contributed by atoms with E-state index >= 15 is 0 Å². The van der Waals surface area contributed by atoms with E-state index in [4.69, 9.17) is 71.5 Å². The molecule has 24 heteroatoms. The number of ether oxygens (including phenoxy) is 1. The fourth-order valence-corrected chi connectivity index (χ4v) is 1.96. The van der Waals surface area contributed by atoms with Gasteiger partial charge in [-0.15, -0.1) is 0 Å². The molecule has 0 bridgehead atoms. The first-order valence-electron chi connectivity index (χ1n) is 10.7. The third kappa shape index (κ3) is 10.7. The Balaban J connectivity index is 0. The quantitative estimate of drug-likeness (QED) is 0.0466. The Morgan fingerprint density at radius 3 is 1.13 bits per heavy atom. The first-order chi connectivity index (χ1) is 21.0. The average molecular weight is 668 g/mol. The Labute approximate surface area is 248 Å². The van der Waals surface area contributed by atoms with Crippen molar-refractivity contribution in [2.45, 2.75) is 12.2 Å². The van der Waals surface area contributed by atoms with E-state index < -0.39 is 116 Å². The number of cyclic esters (lactones) is 1. The van der Waals surface area contributed by atoms with Crippen LogP contribution in [0.2, 0.25) is 0 Å². The van der Waals surface area contributed by atoms with Crippen LogP contribution >= 0.6 is 0 Å². The molecule has 14 N–H and O–H groups in total. The molecular formula is C22H20O24. The number of rotatable bonds is 5. The van der Waals surface area contributed by atoms with Gasteiger partial charge < -0.3 is 76.2 Å². The van der Waals surface area contributed by atoms with Crippen molar-refractivity contribution in [2.75, 3.05) is 6.61 Å². The van der Waals surface area contributed by atoms with E-state index in [-0.39, 0.29) is 6.29 Å². The number of carbonyl (C=O) groups is 4. The van der Waals surface area contributed by atoms with E-state index in [2.05, 4.69) is 4.74 Å². The third-order valence-corrected chi connectivity index (χ3v) is 4.29. The summed E-state index contributed by atoms with van der Waals surface area (Å²) in [6.45, 7) is -0.671. The summed E-state index contributed by atoms with van der Waals surface area (Å²) < 4.78 is 4.32. The summed E-state index contributed by atoms with van der Waals surface area (Å²) in [5.74, 6) is -14.3. The second kappa shape index (κ2) is 17.9. The van der Waals surface area contributed by atoms with Crippen molar-refractivity contribution < 1.29 is 95.4 Å². The van der Waals surface area contributed by atoms with Crippen molar-refractivity contribution in [3.8, 4) is 23.0 Å². The molecule has 0 saturated heterocycles. The van der Waals surface area contributed by atoms with Gasteiger partial charge in [0.2, 0.25) is 28.8 Å². The number of esters is 1. The van der Waals surface area contributed by atoms with Crippen LogP contribution in [0.3, 0.4) is 0 Å². The number of carboxylic acids is 2. The molecule has 24 nitrogen and oxygen atoms in total. The lowest BCUT2D eigenvalue weighted by molar-refractivity contribution is -0.147. The first kappa shape index (κ1) is 41.2. The molecule has 252 valence electrons. The number of hydrogen-bond donors (Lipinski definition) is 14. The van der Waals surface area contributed by atoms with E-state index in [0.717, 1.165) is 0 Å². The number of aldehydes is 1. The second-order valence-corrected chi connectivity index (χ2v) is 7.33. The Kier molecular flexibility index (Phi) is 16.0. The zero-order chi connectivity index (χ0) is 36.8. The highest BCUT2D eigenvalue weighted by Gasteiger charge is 2.38. The molecule has 0 radical (unpaired) electrons. The predicted octanol–water partition coefficient (Wildman–Crippen LogP) is -5.03. The lowest BCUT2D eigenvalue weighted by atomic mass is 10.2. The Morgan fingerprint density at radius 2 is 1.00 bits per heavy atom. The topological polar surface area (TPSA) is 446 Å². The van der Waals surface area contributed by atoms with Crippen molar-refractivity contribution >= 4 is 24.2 Å². The molecule has 1 aliphatic heterocycles. The standard InChI is InChI=1S/C6H8O6.C5H2O5.C4H4O6.C4H2O4.C3H4O3/c7-1-2(8)5-3(9)4(10)6(11)12-5;6-1-2(7)4(9)5(10)3(1)8;5-1(3(7)8)2(6)4(9)10;5-1-2(6)4(8)3(1)7;4-1-3(6)2-5/h2,5,7-10H,1H2;6-7H;5-6H,(H,7,8)(H,9,10);5-6H;1-2,4,6H/b;;2-1-;;3-1-. The van der Waals surface area contributed by atoms with Crippen LogP contribution in [0.1, 0.15) is 0 Å². The van der Waals surface area contributed by atoms with Gasteiger partial charge in [0.1, 0.15) is 12.4 Å². The number of aromatic hydroxyl groups is 4. The molecule has 3 rings (SSSR count). The van der Waals surface area contributed by atoms with Crippen LogP contribution in [-0.2, 0) is 23.9 Å². The highest BCUT2D eigenvalue weighted by atomic mass is 16.6. The molecule has 46 heavy (non-hydrogen) atoms. The maximum atomic E-state index is 10.5. The first-order valence-corrected chi connectivity index (χ1v) is 10.7. The van der Waals surface area contributed by atoms with E-state index in [1.54, 1.807) is 0 Å². The van der Waals surface area contributed by atoms with E-state index in [9.17, 15) is 43.2 Å². The molecule has 0 amide bonds. The molecule has 0 aliphatic carbocycles. The number of carboxylic acid groups (broad SMARTS) is 2. The van der Waals surface area contributed by atoms with Crippen LogP contribution in [0.4, 0.5) is 0 Å². The van der Waals surface area contributed by atoms with Crippen LogP contribution in [-0.4, -0.2) is 115 Å². The monoisotopic (exact) mass is 668 g/mol. The molecular weight excluding hydrogens is 648 g/mol. The van der Waals surface area contributed by atoms with Crippen molar-refractivity contribution in [2.24, 2.45) is 0 Å². The highest BCUT2D eigenvalue weighted by molar-refractivity contribution is 5.95. The van der Waals surface area contributed by atoms with Gasteiger partial charge in [0, 0.05) is 0 Å². The fraction of sp³-hybridized carbons (Fsp3) is 0.136. The van der Waals surface area contributed by atoms with Crippen molar-refractivity contribution in [1.82, 2.24) is 0 Å². The van der Waals surface area contributed by atoms with E-state index in [1.165, 1.54) is 0 Å². The zero-order valence-electron chi connectivity index (χ0n) is 21.9. The van der Waals surface area contributed by atoms with Gasteiger partial charge in [-0.05, 0) is 0 Å². The summed E-state index contributed by atoms with van der Waals surface area (Å²) in [6.07, 6.45) is -2.31. The van der Waals surface area contributed by atoms with Crippen LogP contribution in [0.15, 0.2) is 59.0 Å². The smallest absolute Gasteiger partial charge is 0.377 e. The zero-order valence-corrected chi connectivity index (χ0v) is 21.9. The van der Waals surface area contributed by atoms with Crippen LogP contribution in [0.25, 0.3) is 0 Å². The summed E-state index contributed by atoms with van der Waals surface area (Å²) in [5.41, 5.74) is -6.11. The molecule has 0 fully saturated rings. The number of aliphatic hydroxyl groups excluding tert-OH is 8. The van der Waals surface area contributed by atoms with E-state index in [1.807, 2.05) is 0 Å². The summed E-state index contributed by atoms with van der Waals surface area (Å²) >= 11 is 0. The van der Waals surface area contributed by atoms with Gasteiger partial charge in [-0.1, -0.05) is 0 Å². The Morgan fingerprint density at radius 1 is 0.674 bits per heavy atom. The van der Waals surface area contributed by atoms with Gasteiger partial charge in [-0.2, -0.15) is 0 Å². The molecule has 0 aromatic heterocycles. The fourth-order valence-electron chi connectivity index (χ4n) is 1.96. The van der Waals surface area contributed by atoms with E-state index in [0.29, 0.717) is 6.26 Å². The molecule has 1 aliphatic rings. The van der Waals surface area contributed by atoms with Crippen molar-refractivity contribution in [1.29, 1.82) is 0 Å². The normalized spacial score (nSPS) is 14.7. The average Bonchev–Trinajstić information content (AvgIpc) is 3.40. The van der Waals surface area contributed by atoms with Gasteiger partial charge >= 0.3 is 17.9 Å². The minimum Gasteiger partial charge on any atom is -0.512 e. The van der Waals surface area contributed by atoms with Crippen LogP contribution in [0.5, 0.6) is 23.0 Å². The molecule has 1 heterocycles. The maximum Gasteiger partial charge on any atom is 0.377 e. The molecule has 2 aromatic rings. The van der Waals surface area contributed by atoms with Gasteiger partial charge in [0.15, 0.2) is 23.9 Å². The number of carbonyl (C=O) groups excluding carboxylic acids is 2. The number of aliphatic hydroxyl groups is 8. The van der Waals surface area contributed by atoms with Crippen molar-refractivity contribution in [3.05, 3.63) is 86.2 Å². The molecule has 0 spiro atoms. The minimum absolute atomic E-state index is 0.139. The Bertz CT molecular complexity index is 1670. The lowest BCUT2D eigenvalue weighted by Crippen LogP contribution is -2.31. The largest absolute Gasteiger partial charge is 0.512 e.